The van der Waals surface area contributed by atoms with Crippen LogP contribution in [0, 0.1) is 29.6 Å². The van der Waals surface area contributed by atoms with Gasteiger partial charge in [-0.15, -0.1) is 0 Å². The van der Waals surface area contributed by atoms with Crippen molar-refractivity contribution in [2.75, 3.05) is 7.11 Å². The lowest BCUT2D eigenvalue weighted by Gasteiger charge is -2.38. The molecule has 308 valence electrons. The average Bonchev–Trinajstić information content (AvgIpc) is 3.28. The second kappa shape index (κ2) is 18.3. The lowest BCUT2D eigenvalue weighted by Crippen LogP contribution is -2.54. The summed E-state index contributed by atoms with van der Waals surface area (Å²) in [4.78, 5) is 53.3. The molecule has 0 aromatic heterocycles. The van der Waals surface area contributed by atoms with Crippen LogP contribution in [0.1, 0.15) is 106 Å². The number of ketones is 2. The SMILES string of the molecule is CCC(=O)[C@@H](C)[C@H](O)[C@@H](C)/C=C(\C)C[C@@H](C)[C@@H](OC(=O)[C@](OC)(c1ccccc1)C(F)(F)F)[C@@H](C)[C@H]1C/C=C(\C)C[C@@]2(C)O[C@@](O)(CC(=O)O1)[C@H](CC)C2=O. The number of halogens is 3. The van der Waals surface area contributed by atoms with Crippen molar-refractivity contribution in [1.29, 1.82) is 0 Å². The van der Waals surface area contributed by atoms with Gasteiger partial charge in [0.25, 0.3) is 5.60 Å². The zero-order valence-electron chi connectivity index (χ0n) is 33.7. The molecule has 1 aromatic carbocycles. The first-order valence-corrected chi connectivity index (χ1v) is 19.1. The molecule has 11 atom stereocenters. The molecule has 10 nitrogen and oxygen atoms in total. The molecule has 2 heterocycles. The number of alkyl halides is 3. The second-order valence-corrected chi connectivity index (χ2v) is 15.8. The van der Waals surface area contributed by atoms with E-state index in [0.717, 1.165) is 24.8 Å². The van der Waals surface area contributed by atoms with Gasteiger partial charge in [0.1, 0.15) is 30.0 Å². The van der Waals surface area contributed by atoms with Crippen molar-refractivity contribution in [2.24, 2.45) is 29.6 Å². The number of allylic oxidation sites excluding steroid dienone is 1. The standard InChI is InChI=1S/C42H59F3O10/c1-11-31-37(49)39(9)22-24(3)18-19-33(53-34(47)23-40(31,51)55-39)29(8)36(27(6)21-25(4)20-26(5)35(48)28(7)32(46)12-2)54-38(50)41(52-10,42(43,44)45)30-16-14-13-15-17-30/h13-18,20,26-29,31,33,35-36,48,51H,11-12,19,21-23H2,1-10H3/b24-18+,25-20+/t26-,27+,28+,29-,31+,33+,35+,36+,39+,40-,41+/m0/s1. The predicted octanol–water partition coefficient (Wildman–Crippen LogP) is 7.34. The first kappa shape index (κ1) is 46.0. The third kappa shape index (κ3) is 9.95. The molecule has 0 unspecified atom stereocenters. The smallest absolute Gasteiger partial charge is 0.432 e. The highest BCUT2D eigenvalue weighted by Gasteiger charge is 2.65. The van der Waals surface area contributed by atoms with Gasteiger partial charge in [0.15, 0.2) is 11.6 Å². The zero-order valence-corrected chi connectivity index (χ0v) is 33.7. The number of esters is 2. The minimum Gasteiger partial charge on any atom is -0.461 e. The molecule has 55 heavy (non-hydrogen) atoms. The van der Waals surface area contributed by atoms with Crippen molar-refractivity contribution in [3.05, 3.63) is 59.2 Å². The third-order valence-electron chi connectivity index (χ3n) is 11.4. The number of carbonyl (C=O) groups excluding carboxylic acids is 4. The van der Waals surface area contributed by atoms with Gasteiger partial charge in [-0.2, -0.15) is 13.2 Å². The molecule has 3 rings (SSSR count). The number of fused-ring (bicyclic) bond motifs is 2. The molecule has 0 spiro atoms. The molecule has 2 bridgehead atoms. The van der Waals surface area contributed by atoms with Crippen LogP contribution in [0.4, 0.5) is 13.2 Å². The Bertz CT molecular complexity index is 1590. The Morgan fingerprint density at radius 2 is 1.69 bits per heavy atom. The van der Waals surface area contributed by atoms with Gasteiger partial charge in [-0.25, -0.2) is 4.79 Å². The Balaban J connectivity index is 2.09. The number of aliphatic hydroxyl groups is 2. The van der Waals surface area contributed by atoms with E-state index in [1.165, 1.54) is 18.2 Å². The number of ether oxygens (including phenoxy) is 4. The van der Waals surface area contributed by atoms with E-state index in [4.69, 9.17) is 18.9 Å². The van der Waals surface area contributed by atoms with E-state index in [1.807, 2.05) is 0 Å². The van der Waals surface area contributed by atoms with Crippen molar-refractivity contribution in [3.8, 4) is 0 Å². The zero-order chi connectivity index (χ0) is 41.7. The van der Waals surface area contributed by atoms with E-state index in [2.05, 4.69) is 0 Å². The molecular weight excluding hydrogens is 721 g/mol. The van der Waals surface area contributed by atoms with Gasteiger partial charge in [-0.1, -0.05) is 95.2 Å². The molecule has 13 heteroatoms. The maximum Gasteiger partial charge on any atom is 0.432 e. The Morgan fingerprint density at radius 1 is 1.07 bits per heavy atom. The summed E-state index contributed by atoms with van der Waals surface area (Å²) in [6, 6.07) is 6.45. The van der Waals surface area contributed by atoms with Crippen LogP contribution in [0.5, 0.6) is 0 Å². The molecule has 0 saturated carbocycles. The van der Waals surface area contributed by atoms with Crippen LogP contribution in [0.25, 0.3) is 0 Å². The maximum atomic E-state index is 15.0. The van der Waals surface area contributed by atoms with Crippen LogP contribution in [0.3, 0.4) is 0 Å². The fourth-order valence-corrected chi connectivity index (χ4v) is 8.33. The van der Waals surface area contributed by atoms with Crippen LogP contribution in [0.15, 0.2) is 53.6 Å². The van der Waals surface area contributed by atoms with Gasteiger partial charge < -0.3 is 29.2 Å². The van der Waals surface area contributed by atoms with Crippen molar-refractivity contribution in [2.45, 2.75) is 142 Å². The van der Waals surface area contributed by atoms with Crippen LogP contribution in [-0.2, 0) is 43.7 Å². The summed E-state index contributed by atoms with van der Waals surface area (Å²) in [6.45, 7) is 15.2. The first-order chi connectivity index (χ1) is 25.5. The van der Waals surface area contributed by atoms with Crippen molar-refractivity contribution in [3.63, 3.8) is 0 Å². The van der Waals surface area contributed by atoms with E-state index in [1.54, 1.807) is 74.5 Å². The molecule has 2 aliphatic heterocycles. The van der Waals surface area contributed by atoms with Gasteiger partial charge in [-0.3, -0.25) is 14.4 Å². The Morgan fingerprint density at radius 3 is 2.24 bits per heavy atom. The summed E-state index contributed by atoms with van der Waals surface area (Å²) in [5, 5.41) is 22.4. The fourth-order valence-electron chi connectivity index (χ4n) is 8.33. The molecule has 2 N–H and O–H groups in total. The lowest BCUT2D eigenvalue weighted by molar-refractivity contribution is -0.280. The quantitative estimate of drug-likeness (QED) is 0.137. The summed E-state index contributed by atoms with van der Waals surface area (Å²) in [6.07, 6.45) is -4.91. The second-order valence-electron chi connectivity index (χ2n) is 15.8. The number of carbonyl (C=O) groups is 4. The number of hydrogen-bond acceptors (Lipinski definition) is 10. The number of aliphatic hydroxyl groups excluding tert-OH is 1. The number of rotatable bonds is 15. The molecule has 2 aliphatic rings. The van der Waals surface area contributed by atoms with Gasteiger partial charge >= 0.3 is 18.1 Å². The number of cyclic esters (lactones) is 1. The normalized spacial score (nSPS) is 29.3. The molecule has 0 amide bonds. The van der Waals surface area contributed by atoms with Gasteiger partial charge in [0.2, 0.25) is 0 Å². The van der Waals surface area contributed by atoms with E-state index in [9.17, 15) is 29.4 Å². The minimum absolute atomic E-state index is 0.0498. The Kier molecular flexibility index (Phi) is 15.3. The Labute approximate surface area is 322 Å². The molecule has 0 radical (unpaired) electrons. The number of Topliss-reactive ketones (excluding diaryl/α,β-unsaturated/α-hetero) is 2. The fraction of sp³-hybridized carbons (Fsp3) is 0.667. The number of benzene rings is 1. The highest BCUT2D eigenvalue weighted by atomic mass is 19.4. The van der Waals surface area contributed by atoms with Crippen LogP contribution in [-0.4, -0.2) is 76.7 Å². The third-order valence-corrected chi connectivity index (χ3v) is 11.4. The highest BCUT2D eigenvalue weighted by molar-refractivity contribution is 5.93. The van der Waals surface area contributed by atoms with Gasteiger partial charge in [0, 0.05) is 49.7 Å². The highest BCUT2D eigenvalue weighted by Crippen LogP contribution is 2.47. The van der Waals surface area contributed by atoms with E-state index in [0.29, 0.717) is 5.57 Å². The van der Waals surface area contributed by atoms with Crippen LogP contribution >= 0.6 is 0 Å². The molecule has 0 aliphatic carbocycles. The maximum absolute atomic E-state index is 15.0. The number of hydrogen-bond donors (Lipinski definition) is 2. The van der Waals surface area contributed by atoms with Crippen molar-refractivity contribution < 1.29 is 61.5 Å². The summed E-state index contributed by atoms with van der Waals surface area (Å²) in [5.41, 5.74) is -3.97. The summed E-state index contributed by atoms with van der Waals surface area (Å²) < 4.78 is 67.9. The number of methoxy groups -OCH3 is 1. The molecular formula is C42H59F3O10. The average molecular weight is 781 g/mol. The topological polar surface area (TPSA) is 146 Å². The lowest BCUT2D eigenvalue weighted by atomic mass is 9.81. The monoisotopic (exact) mass is 780 g/mol. The molecule has 1 saturated heterocycles. The summed E-state index contributed by atoms with van der Waals surface area (Å²) >= 11 is 0. The van der Waals surface area contributed by atoms with Gasteiger partial charge in [-0.05, 0) is 39.5 Å². The molecule has 1 aromatic rings. The summed E-state index contributed by atoms with van der Waals surface area (Å²) in [7, 11) is 0.780. The van der Waals surface area contributed by atoms with E-state index in [-0.39, 0.29) is 43.7 Å². The van der Waals surface area contributed by atoms with Crippen molar-refractivity contribution >= 4 is 23.5 Å². The van der Waals surface area contributed by atoms with Crippen molar-refractivity contribution in [1.82, 2.24) is 0 Å². The van der Waals surface area contributed by atoms with Crippen LogP contribution in [0.2, 0.25) is 0 Å². The largest absolute Gasteiger partial charge is 0.461 e. The predicted molar refractivity (Wildman–Crippen MR) is 198 cm³/mol. The van der Waals surface area contributed by atoms with Crippen LogP contribution < -0.4 is 0 Å². The van der Waals surface area contributed by atoms with Gasteiger partial charge in [0.05, 0.1) is 12.0 Å². The summed E-state index contributed by atoms with van der Waals surface area (Å²) in [5.74, 6) is -8.85. The minimum atomic E-state index is -5.25. The molecule has 1 fully saturated rings. The Hall–Kier alpha value is -3.39. The first-order valence-electron chi connectivity index (χ1n) is 19.1. The van der Waals surface area contributed by atoms with E-state index < -0.39 is 95.0 Å². The van der Waals surface area contributed by atoms with E-state index >= 15 is 13.2 Å².